The van der Waals surface area contributed by atoms with Gasteiger partial charge in [-0.2, -0.15) is 18.4 Å². The van der Waals surface area contributed by atoms with Gasteiger partial charge in [0.2, 0.25) is 0 Å². The third-order valence-electron chi connectivity index (χ3n) is 6.48. The second kappa shape index (κ2) is 7.84. The summed E-state index contributed by atoms with van der Waals surface area (Å²) < 4.78 is 40.1. The van der Waals surface area contributed by atoms with E-state index in [1.807, 2.05) is 17.9 Å². The summed E-state index contributed by atoms with van der Waals surface area (Å²) in [5, 5.41) is 19.2. The number of anilines is 1. The Morgan fingerprint density at radius 2 is 2.10 bits per heavy atom. The number of aryl methyl sites for hydroxylation is 1. The van der Waals surface area contributed by atoms with Crippen molar-refractivity contribution in [1.29, 1.82) is 5.26 Å². The predicted molar refractivity (Wildman–Crippen MR) is 111 cm³/mol. The second-order valence-corrected chi connectivity index (χ2v) is 9.64. The molecule has 31 heavy (non-hydrogen) atoms. The van der Waals surface area contributed by atoms with Gasteiger partial charge in [-0.1, -0.05) is 0 Å². The lowest BCUT2D eigenvalue weighted by Crippen LogP contribution is -2.49. The fraction of sp³-hybridized carbons (Fsp3) is 0.455. The van der Waals surface area contributed by atoms with E-state index < -0.39 is 22.7 Å². The number of fused-ring (bicyclic) bond motifs is 1. The first-order valence-corrected chi connectivity index (χ1v) is 10.8. The number of likely N-dealkylation sites (tertiary alicyclic amines) is 1. The predicted octanol–water partition coefficient (Wildman–Crippen LogP) is 3.91. The molecular formula is C22H22F3N3O2S. The highest BCUT2D eigenvalue weighted by Crippen LogP contribution is 2.45. The number of aliphatic hydroxyl groups is 1. The molecule has 1 N–H and O–H groups in total. The summed E-state index contributed by atoms with van der Waals surface area (Å²) >= 11 is 1.43. The molecule has 0 unspecified atom stereocenters. The van der Waals surface area contributed by atoms with Crippen molar-refractivity contribution in [3.63, 3.8) is 0 Å². The molecule has 1 aromatic heterocycles. The smallest absolute Gasteiger partial charge is 0.396 e. The largest absolute Gasteiger partial charge is 0.417 e. The summed E-state index contributed by atoms with van der Waals surface area (Å²) in [6, 6.07) is 9.07. The number of hydrogen-bond donors (Lipinski definition) is 1. The van der Waals surface area contributed by atoms with Crippen LogP contribution in [-0.2, 0) is 6.18 Å². The minimum absolute atomic E-state index is 0.0544. The van der Waals surface area contributed by atoms with Crippen LogP contribution in [0, 0.1) is 29.6 Å². The molecule has 1 aromatic carbocycles. The van der Waals surface area contributed by atoms with Crippen LogP contribution in [0.2, 0.25) is 0 Å². The van der Waals surface area contributed by atoms with Crippen molar-refractivity contribution in [3.05, 3.63) is 51.2 Å². The van der Waals surface area contributed by atoms with Gasteiger partial charge in [-0.3, -0.25) is 4.79 Å². The molecule has 1 amide bonds. The summed E-state index contributed by atoms with van der Waals surface area (Å²) in [7, 11) is 0. The highest BCUT2D eigenvalue weighted by molar-refractivity contribution is 7.13. The van der Waals surface area contributed by atoms with Gasteiger partial charge in [0.05, 0.1) is 28.7 Å². The van der Waals surface area contributed by atoms with E-state index >= 15 is 0 Å². The first-order valence-electron chi connectivity index (χ1n) is 10.00. The molecule has 2 aliphatic rings. The highest BCUT2D eigenvalue weighted by Gasteiger charge is 2.50. The molecule has 0 bridgehead atoms. The average Bonchev–Trinajstić information content (AvgIpc) is 3.35. The van der Waals surface area contributed by atoms with Crippen molar-refractivity contribution in [2.75, 3.05) is 37.7 Å². The molecule has 0 radical (unpaired) electrons. The van der Waals surface area contributed by atoms with Gasteiger partial charge in [0.1, 0.15) is 0 Å². The van der Waals surface area contributed by atoms with Gasteiger partial charge >= 0.3 is 6.18 Å². The van der Waals surface area contributed by atoms with E-state index in [9.17, 15) is 23.1 Å². The first-order chi connectivity index (χ1) is 14.7. The molecule has 2 aliphatic heterocycles. The SMILES string of the molecule is Cc1ccc(C(=O)N2C[C@H]3CN(c4ccc(C#N)c(C(F)(F)F)c4)CC[C@@]3(CO)C2)s1. The molecule has 0 saturated carbocycles. The van der Waals surface area contributed by atoms with Gasteiger partial charge in [-0.15, -0.1) is 11.3 Å². The van der Waals surface area contributed by atoms with Crippen LogP contribution in [0.5, 0.6) is 0 Å². The molecule has 0 spiro atoms. The molecule has 3 heterocycles. The van der Waals surface area contributed by atoms with Crippen molar-refractivity contribution < 1.29 is 23.1 Å². The molecule has 4 rings (SSSR count). The maximum Gasteiger partial charge on any atom is 0.417 e. The van der Waals surface area contributed by atoms with Crippen molar-refractivity contribution in [2.45, 2.75) is 19.5 Å². The summed E-state index contributed by atoms with van der Waals surface area (Å²) in [4.78, 5) is 18.2. The van der Waals surface area contributed by atoms with E-state index in [-0.39, 0.29) is 18.4 Å². The van der Waals surface area contributed by atoms with Crippen LogP contribution in [-0.4, -0.2) is 48.7 Å². The zero-order chi connectivity index (χ0) is 22.4. The number of piperidine rings is 1. The molecule has 2 saturated heterocycles. The fourth-order valence-corrected chi connectivity index (χ4v) is 5.53. The molecule has 2 atom stereocenters. The number of alkyl halides is 3. The van der Waals surface area contributed by atoms with Gasteiger partial charge < -0.3 is 14.9 Å². The number of aliphatic hydroxyl groups excluding tert-OH is 1. The Kier molecular flexibility index (Phi) is 5.48. The van der Waals surface area contributed by atoms with Gasteiger partial charge in [0.15, 0.2) is 0 Å². The monoisotopic (exact) mass is 449 g/mol. The third-order valence-corrected chi connectivity index (χ3v) is 7.47. The minimum atomic E-state index is -4.61. The van der Waals surface area contributed by atoms with Crippen LogP contribution in [0.3, 0.4) is 0 Å². The zero-order valence-corrected chi connectivity index (χ0v) is 17.8. The Bertz CT molecular complexity index is 1050. The van der Waals surface area contributed by atoms with E-state index in [1.54, 1.807) is 17.0 Å². The summed E-state index contributed by atoms with van der Waals surface area (Å²) in [6.45, 7) is 3.68. The summed E-state index contributed by atoms with van der Waals surface area (Å²) in [5.41, 5.74) is -1.39. The van der Waals surface area contributed by atoms with Crippen LogP contribution < -0.4 is 4.90 Å². The second-order valence-electron chi connectivity index (χ2n) is 8.35. The number of halogens is 3. The number of amides is 1. The Balaban J connectivity index is 1.57. The quantitative estimate of drug-likeness (QED) is 0.772. The van der Waals surface area contributed by atoms with Crippen molar-refractivity contribution >= 4 is 22.9 Å². The van der Waals surface area contributed by atoms with Crippen molar-refractivity contribution in [3.8, 4) is 6.07 Å². The van der Waals surface area contributed by atoms with Crippen LogP contribution >= 0.6 is 11.3 Å². The molecule has 2 aromatic rings. The summed E-state index contributed by atoms with van der Waals surface area (Å²) in [6.07, 6.45) is -4.04. The van der Waals surface area contributed by atoms with Crippen LogP contribution in [0.15, 0.2) is 30.3 Å². The van der Waals surface area contributed by atoms with Crippen LogP contribution in [0.1, 0.15) is 32.1 Å². The van der Waals surface area contributed by atoms with Crippen LogP contribution in [0.25, 0.3) is 0 Å². The maximum atomic E-state index is 13.4. The molecule has 9 heteroatoms. The molecule has 2 fully saturated rings. The fourth-order valence-electron chi connectivity index (χ4n) is 4.70. The van der Waals surface area contributed by atoms with E-state index in [0.29, 0.717) is 43.2 Å². The van der Waals surface area contributed by atoms with Crippen molar-refractivity contribution in [1.82, 2.24) is 4.90 Å². The molecule has 164 valence electrons. The topological polar surface area (TPSA) is 67.6 Å². The highest BCUT2D eigenvalue weighted by atomic mass is 32.1. The molecular weight excluding hydrogens is 427 g/mol. The van der Waals surface area contributed by atoms with E-state index in [2.05, 4.69) is 0 Å². The van der Waals surface area contributed by atoms with Gasteiger partial charge in [0, 0.05) is 48.1 Å². The number of carbonyl (C=O) groups is 1. The number of carbonyl (C=O) groups excluding carboxylic acids is 1. The number of rotatable bonds is 3. The first kappa shape index (κ1) is 21.7. The molecule has 5 nitrogen and oxygen atoms in total. The van der Waals surface area contributed by atoms with Crippen LogP contribution in [0.4, 0.5) is 18.9 Å². The van der Waals surface area contributed by atoms with Gasteiger partial charge in [-0.05, 0) is 43.7 Å². The number of benzene rings is 1. The maximum absolute atomic E-state index is 13.4. The lowest BCUT2D eigenvalue weighted by atomic mass is 9.73. The van der Waals surface area contributed by atoms with E-state index in [1.165, 1.54) is 23.5 Å². The van der Waals surface area contributed by atoms with Gasteiger partial charge in [0.25, 0.3) is 5.91 Å². The normalized spacial score (nSPS) is 23.5. The third kappa shape index (κ3) is 3.90. The van der Waals surface area contributed by atoms with Crippen molar-refractivity contribution in [2.24, 2.45) is 11.3 Å². The Labute approximate surface area is 182 Å². The number of nitriles is 1. The molecule has 0 aliphatic carbocycles. The zero-order valence-electron chi connectivity index (χ0n) is 16.9. The van der Waals surface area contributed by atoms with E-state index in [4.69, 9.17) is 5.26 Å². The van der Waals surface area contributed by atoms with E-state index in [0.717, 1.165) is 10.9 Å². The van der Waals surface area contributed by atoms with Gasteiger partial charge in [-0.25, -0.2) is 0 Å². The number of hydrogen-bond acceptors (Lipinski definition) is 5. The minimum Gasteiger partial charge on any atom is -0.396 e. The number of thiophene rings is 1. The lowest BCUT2D eigenvalue weighted by molar-refractivity contribution is -0.137. The average molecular weight is 449 g/mol. The summed E-state index contributed by atoms with van der Waals surface area (Å²) in [5.74, 6) is -0.120. The standard InChI is InChI=1S/C22H22F3N3O2S/c1-14-2-5-19(31-14)20(30)28-11-16-10-27(7-6-21(16,12-28)13-29)17-4-3-15(9-26)18(8-17)22(23,24)25/h2-5,8,16,29H,6-7,10-13H2,1H3/t16-,21+/m1/s1. The Morgan fingerprint density at radius 3 is 2.71 bits per heavy atom. The number of nitrogens with zero attached hydrogens (tertiary/aromatic N) is 3. The Morgan fingerprint density at radius 1 is 1.32 bits per heavy atom. The Hall–Kier alpha value is -2.57. The lowest BCUT2D eigenvalue weighted by Gasteiger charge is -2.43.